The minimum atomic E-state index is -0.883. The zero-order valence-corrected chi connectivity index (χ0v) is 34.4. The molecule has 0 rings (SSSR count). The highest BCUT2D eigenvalue weighted by Crippen LogP contribution is 2.13. The number of aliphatic carboxylic acids is 1. The van der Waals surface area contributed by atoms with Crippen molar-refractivity contribution in [2.75, 3.05) is 41.0 Å². The van der Waals surface area contributed by atoms with Gasteiger partial charge in [0.05, 0.1) is 34.4 Å². The van der Waals surface area contributed by atoms with Gasteiger partial charge in [-0.05, 0) is 70.6 Å². The Hall–Kier alpha value is -2.97. The molecular weight excluding hydrogens is 666 g/mol. The van der Waals surface area contributed by atoms with Crippen LogP contribution in [0, 0.1) is 0 Å². The highest BCUT2D eigenvalue weighted by molar-refractivity contribution is 5.72. The average molecular weight is 745 g/mol. The van der Waals surface area contributed by atoms with Gasteiger partial charge < -0.3 is 23.8 Å². The van der Waals surface area contributed by atoms with E-state index in [1.165, 1.54) is 19.3 Å². The Morgan fingerprint density at radius 1 is 0.585 bits per heavy atom. The van der Waals surface area contributed by atoms with Crippen molar-refractivity contribution < 1.29 is 38.2 Å². The minimum absolute atomic E-state index is 0.0469. The molecule has 0 aromatic rings. The number of likely N-dealkylation sites (N-methyl/N-ethyl adjacent to an activating group) is 1. The van der Waals surface area contributed by atoms with E-state index >= 15 is 0 Å². The summed E-state index contributed by atoms with van der Waals surface area (Å²) in [5.41, 5.74) is 0. The first kappa shape index (κ1) is 50.0. The molecule has 0 aliphatic carbocycles. The van der Waals surface area contributed by atoms with E-state index in [1.54, 1.807) is 0 Å². The van der Waals surface area contributed by atoms with Crippen LogP contribution in [0.2, 0.25) is 0 Å². The van der Waals surface area contributed by atoms with Gasteiger partial charge in [-0.25, -0.2) is 4.79 Å². The molecular formula is C45H78NO7+. The first-order chi connectivity index (χ1) is 25.6. The van der Waals surface area contributed by atoms with Crippen LogP contribution in [0.5, 0.6) is 0 Å². The summed E-state index contributed by atoms with van der Waals surface area (Å²) in [5, 5.41) is 9.60. The fourth-order valence-corrected chi connectivity index (χ4v) is 5.65. The molecule has 53 heavy (non-hydrogen) atoms. The molecule has 0 bridgehead atoms. The summed E-state index contributed by atoms with van der Waals surface area (Å²) >= 11 is 0. The molecule has 0 saturated carbocycles. The normalized spacial score (nSPS) is 13.6. The molecule has 0 fully saturated rings. The lowest BCUT2D eigenvalue weighted by Crippen LogP contribution is -2.50. The van der Waals surface area contributed by atoms with Crippen LogP contribution in [0.3, 0.4) is 0 Å². The van der Waals surface area contributed by atoms with Crippen molar-refractivity contribution in [3.8, 4) is 0 Å². The second kappa shape index (κ2) is 36.0. The van der Waals surface area contributed by atoms with Gasteiger partial charge in [-0.15, -0.1) is 0 Å². The van der Waals surface area contributed by atoms with Crippen LogP contribution < -0.4 is 0 Å². The maximum Gasteiger partial charge on any atom is 0.362 e. The molecule has 0 amide bonds. The van der Waals surface area contributed by atoms with Crippen LogP contribution in [0.25, 0.3) is 0 Å². The van der Waals surface area contributed by atoms with Gasteiger partial charge in [-0.2, -0.15) is 0 Å². The summed E-state index contributed by atoms with van der Waals surface area (Å²) in [6.07, 6.45) is 42.6. The molecule has 304 valence electrons. The second-order valence-corrected chi connectivity index (χ2v) is 14.9. The smallest absolute Gasteiger partial charge is 0.362 e. The van der Waals surface area contributed by atoms with E-state index in [9.17, 15) is 19.5 Å². The number of carboxylic acid groups (broad SMARTS) is 1. The summed E-state index contributed by atoms with van der Waals surface area (Å²) in [6, 6.07) is -0.621. The van der Waals surface area contributed by atoms with Crippen LogP contribution in [0.1, 0.15) is 155 Å². The third-order valence-corrected chi connectivity index (χ3v) is 8.90. The van der Waals surface area contributed by atoms with Crippen molar-refractivity contribution in [2.24, 2.45) is 0 Å². The van der Waals surface area contributed by atoms with Crippen LogP contribution in [0.4, 0.5) is 0 Å². The molecule has 8 heteroatoms. The Morgan fingerprint density at radius 3 is 1.57 bits per heavy atom. The fraction of sp³-hybridized carbons (Fsp3) is 0.711. The van der Waals surface area contributed by atoms with Gasteiger partial charge >= 0.3 is 17.9 Å². The number of allylic oxidation sites excluding steroid dienone is 10. The van der Waals surface area contributed by atoms with E-state index in [4.69, 9.17) is 14.2 Å². The molecule has 0 aliphatic heterocycles. The highest BCUT2D eigenvalue weighted by atomic mass is 16.6. The minimum Gasteiger partial charge on any atom is -0.477 e. The van der Waals surface area contributed by atoms with E-state index < -0.39 is 18.1 Å². The maximum atomic E-state index is 12.7. The summed E-state index contributed by atoms with van der Waals surface area (Å²) < 4.78 is 17.2. The number of carbonyl (C=O) groups excluding carboxylic acids is 2. The summed E-state index contributed by atoms with van der Waals surface area (Å²) in [6.45, 7) is 4.53. The molecule has 0 aliphatic rings. The van der Waals surface area contributed by atoms with E-state index in [1.807, 2.05) is 21.1 Å². The summed E-state index contributed by atoms with van der Waals surface area (Å²) in [4.78, 5) is 36.9. The second-order valence-electron chi connectivity index (χ2n) is 14.9. The van der Waals surface area contributed by atoms with Gasteiger partial charge in [0.15, 0.2) is 12.1 Å². The Kier molecular flexibility index (Phi) is 34.0. The molecule has 0 spiro atoms. The van der Waals surface area contributed by atoms with Crippen molar-refractivity contribution in [3.05, 3.63) is 60.8 Å². The summed E-state index contributed by atoms with van der Waals surface area (Å²) in [5.74, 6) is -1.52. The third-order valence-electron chi connectivity index (χ3n) is 8.90. The molecule has 2 atom stereocenters. The van der Waals surface area contributed by atoms with Crippen LogP contribution >= 0.6 is 0 Å². The Labute approximate surface area is 324 Å². The number of ether oxygens (including phenoxy) is 3. The predicted octanol–water partition coefficient (Wildman–Crippen LogP) is 11.0. The number of carboxylic acids is 1. The van der Waals surface area contributed by atoms with E-state index in [2.05, 4.69) is 74.6 Å². The summed E-state index contributed by atoms with van der Waals surface area (Å²) in [7, 11) is 5.50. The van der Waals surface area contributed by atoms with E-state index in [0.717, 1.165) is 103 Å². The van der Waals surface area contributed by atoms with Gasteiger partial charge in [-0.1, -0.05) is 126 Å². The number of carbonyl (C=O) groups is 3. The number of rotatable bonds is 36. The molecule has 8 nitrogen and oxygen atoms in total. The molecule has 0 aromatic carbocycles. The first-order valence-electron chi connectivity index (χ1n) is 20.8. The molecule has 2 unspecified atom stereocenters. The Morgan fingerprint density at radius 2 is 1.06 bits per heavy atom. The Balaban J connectivity index is 4.44. The largest absolute Gasteiger partial charge is 0.477 e. The van der Waals surface area contributed by atoms with E-state index in [0.29, 0.717) is 19.3 Å². The van der Waals surface area contributed by atoms with Crippen molar-refractivity contribution in [2.45, 2.75) is 167 Å². The van der Waals surface area contributed by atoms with Crippen molar-refractivity contribution in [1.29, 1.82) is 0 Å². The predicted molar refractivity (Wildman–Crippen MR) is 220 cm³/mol. The molecule has 0 radical (unpaired) electrons. The standard InChI is InChI=1S/C45H77NO7/c1-6-8-10-12-14-16-18-20-22-24-26-28-30-32-34-36-44(48)53-41(39-51-38-37-42(45(49)50)46(3,4)5)40-52-43(47)35-33-31-29-27-25-23-21-19-17-15-13-11-9-7-2/h8,10,13-16,19-22,41-42H,6-7,9,11-12,17-18,23-40H2,1-5H3/p+1/b10-8-,15-13-,16-14-,21-19-,22-20-. The molecule has 0 heterocycles. The highest BCUT2D eigenvalue weighted by Gasteiger charge is 2.31. The van der Waals surface area contributed by atoms with Gasteiger partial charge in [0.2, 0.25) is 0 Å². The number of unbranched alkanes of at least 4 members (excludes halogenated alkanes) is 12. The van der Waals surface area contributed by atoms with Gasteiger partial charge in [0.25, 0.3) is 0 Å². The third kappa shape index (κ3) is 34.5. The van der Waals surface area contributed by atoms with Crippen molar-refractivity contribution in [3.63, 3.8) is 0 Å². The number of esters is 2. The quantitative estimate of drug-likeness (QED) is 0.0295. The molecule has 0 aromatic heterocycles. The number of hydrogen-bond acceptors (Lipinski definition) is 6. The van der Waals surface area contributed by atoms with Gasteiger partial charge in [0, 0.05) is 19.3 Å². The molecule has 1 N–H and O–H groups in total. The van der Waals surface area contributed by atoms with Crippen LogP contribution in [-0.4, -0.2) is 80.6 Å². The van der Waals surface area contributed by atoms with Crippen LogP contribution in [0.15, 0.2) is 60.8 Å². The number of hydrogen-bond donors (Lipinski definition) is 1. The lowest BCUT2D eigenvalue weighted by Gasteiger charge is -2.31. The average Bonchev–Trinajstić information content (AvgIpc) is 3.11. The lowest BCUT2D eigenvalue weighted by atomic mass is 10.1. The monoisotopic (exact) mass is 745 g/mol. The zero-order chi connectivity index (χ0) is 39.3. The van der Waals surface area contributed by atoms with Crippen LogP contribution in [-0.2, 0) is 28.6 Å². The van der Waals surface area contributed by atoms with E-state index in [-0.39, 0.29) is 36.2 Å². The first-order valence-corrected chi connectivity index (χ1v) is 20.8. The zero-order valence-electron chi connectivity index (χ0n) is 34.4. The topological polar surface area (TPSA) is 99.1 Å². The number of quaternary nitrogens is 1. The number of nitrogens with zero attached hydrogens (tertiary/aromatic N) is 1. The maximum absolute atomic E-state index is 12.7. The SMILES string of the molecule is CC/C=C\C/C=C\C/C=C\CCCCCCCC(=O)OC(COCCC(C(=O)O)[N+](C)(C)C)COC(=O)CCCCCCC/C=C\C/C=C\CCCC. The van der Waals surface area contributed by atoms with Crippen molar-refractivity contribution in [1.82, 2.24) is 0 Å². The Bertz CT molecular complexity index is 1050. The van der Waals surface area contributed by atoms with Crippen molar-refractivity contribution >= 4 is 17.9 Å². The molecule has 0 saturated heterocycles. The van der Waals surface area contributed by atoms with Gasteiger partial charge in [0.1, 0.15) is 6.61 Å². The fourth-order valence-electron chi connectivity index (χ4n) is 5.65. The lowest BCUT2D eigenvalue weighted by molar-refractivity contribution is -0.887. The van der Waals surface area contributed by atoms with Gasteiger partial charge in [-0.3, -0.25) is 9.59 Å².